The molecule has 3 aromatic carbocycles. The lowest BCUT2D eigenvalue weighted by molar-refractivity contribution is 0.0956. The molecule has 5 nitrogen and oxygen atoms in total. The Bertz CT molecular complexity index is 919. The third-order valence-corrected chi connectivity index (χ3v) is 4.01. The smallest absolute Gasteiger partial charge is 0.273 e. The molecule has 27 heavy (non-hydrogen) atoms. The zero-order valence-electron chi connectivity index (χ0n) is 15.4. The van der Waals surface area contributed by atoms with Gasteiger partial charge in [0, 0.05) is 25.5 Å². The molecule has 0 saturated carbocycles. The fraction of sp³-hybridized carbons (Fsp3) is 0.0909. The van der Waals surface area contributed by atoms with E-state index in [1.165, 1.54) is 0 Å². The summed E-state index contributed by atoms with van der Waals surface area (Å²) >= 11 is 0. The van der Waals surface area contributed by atoms with Crippen molar-refractivity contribution in [3.63, 3.8) is 0 Å². The van der Waals surface area contributed by atoms with Crippen LogP contribution < -0.4 is 15.6 Å². The standard InChI is InChI=1S/C22H22N4O/c1-26(2)19-14-12-17(13-15-19)16-23-25-22(27)20-10-6-7-11-21(20)24-18-8-4-3-5-9-18/h3-16,24H,1-2H3,(H,25,27)/b23-16+. The van der Waals surface area contributed by atoms with E-state index in [0.717, 1.165) is 22.6 Å². The van der Waals surface area contributed by atoms with E-state index < -0.39 is 0 Å². The van der Waals surface area contributed by atoms with E-state index in [1.54, 1.807) is 12.3 Å². The van der Waals surface area contributed by atoms with Gasteiger partial charge in [-0.2, -0.15) is 5.10 Å². The minimum Gasteiger partial charge on any atom is -0.378 e. The molecule has 0 fully saturated rings. The molecule has 0 saturated heterocycles. The van der Waals surface area contributed by atoms with Crippen LogP contribution in [0.3, 0.4) is 0 Å². The molecular weight excluding hydrogens is 336 g/mol. The third kappa shape index (κ3) is 4.95. The highest BCUT2D eigenvalue weighted by molar-refractivity contribution is 6.00. The zero-order valence-corrected chi connectivity index (χ0v) is 15.4. The molecule has 0 bridgehead atoms. The molecule has 0 unspecified atom stereocenters. The first-order valence-corrected chi connectivity index (χ1v) is 8.65. The van der Waals surface area contributed by atoms with Crippen LogP contribution in [-0.4, -0.2) is 26.2 Å². The Balaban J connectivity index is 1.67. The minimum atomic E-state index is -0.268. The second kappa shape index (κ2) is 8.67. The van der Waals surface area contributed by atoms with Gasteiger partial charge in [-0.15, -0.1) is 0 Å². The Hall–Kier alpha value is -3.60. The third-order valence-electron chi connectivity index (χ3n) is 4.01. The molecular formula is C22H22N4O. The number of hydrogen-bond donors (Lipinski definition) is 2. The van der Waals surface area contributed by atoms with E-state index in [-0.39, 0.29) is 5.91 Å². The molecule has 0 aliphatic rings. The van der Waals surface area contributed by atoms with Crippen molar-refractivity contribution in [1.82, 2.24) is 5.43 Å². The Morgan fingerprint density at radius 3 is 2.26 bits per heavy atom. The second-order valence-corrected chi connectivity index (χ2v) is 6.22. The molecule has 0 aliphatic heterocycles. The van der Waals surface area contributed by atoms with Gasteiger partial charge in [-0.25, -0.2) is 5.43 Å². The van der Waals surface area contributed by atoms with Gasteiger partial charge in [0.2, 0.25) is 0 Å². The van der Waals surface area contributed by atoms with Crippen LogP contribution in [0.5, 0.6) is 0 Å². The van der Waals surface area contributed by atoms with Crippen molar-refractivity contribution in [2.75, 3.05) is 24.3 Å². The van der Waals surface area contributed by atoms with Crippen molar-refractivity contribution in [3.05, 3.63) is 90.0 Å². The van der Waals surface area contributed by atoms with Gasteiger partial charge >= 0.3 is 0 Å². The van der Waals surface area contributed by atoms with Crippen LogP contribution in [0.4, 0.5) is 17.1 Å². The summed E-state index contributed by atoms with van der Waals surface area (Å²) in [7, 11) is 3.98. The SMILES string of the molecule is CN(C)c1ccc(/C=N/NC(=O)c2ccccc2Nc2ccccc2)cc1. The van der Waals surface area contributed by atoms with Crippen molar-refractivity contribution in [1.29, 1.82) is 0 Å². The number of carbonyl (C=O) groups excluding carboxylic acids is 1. The Kier molecular flexibility index (Phi) is 5.84. The first-order valence-electron chi connectivity index (χ1n) is 8.65. The van der Waals surface area contributed by atoms with Crippen LogP contribution >= 0.6 is 0 Å². The molecule has 3 rings (SSSR count). The molecule has 0 aliphatic carbocycles. The predicted molar refractivity (Wildman–Crippen MR) is 112 cm³/mol. The summed E-state index contributed by atoms with van der Waals surface area (Å²) in [6, 6.07) is 25.0. The minimum absolute atomic E-state index is 0.268. The Morgan fingerprint density at radius 1 is 0.889 bits per heavy atom. The summed E-state index contributed by atoms with van der Waals surface area (Å²) in [6.07, 6.45) is 1.63. The number of para-hydroxylation sites is 2. The zero-order chi connectivity index (χ0) is 19.1. The first-order chi connectivity index (χ1) is 13.1. The quantitative estimate of drug-likeness (QED) is 0.511. The number of hydrazone groups is 1. The van der Waals surface area contributed by atoms with E-state index in [9.17, 15) is 4.79 Å². The molecule has 0 radical (unpaired) electrons. The molecule has 0 aromatic heterocycles. The Labute approximate surface area is 159 Å². The number of nitrogens with zero attached hydrogens (tertiary/aromatic N) is 2. The number of rotatable bonds is 6. The topological polar surface area (TPSA) is 56.7 Å². The van der Waals surface area contributed by atoms with Gasteiger partial charge in [0.15, 0.2) is 0 Å². The van der Waals surface area contributed by atoms with Gasteiger partial charge in [0.25, 0.3) is 5.91 Å². The molecule has 1 amide bonds. The van der Waals surface area contributed by atoms with Crippen LogP contribution in [-0.2, 0) is 0 Å². The van der Waals surface area contributed by atoms with Crippen molar-refractivity contribution in [3.8, 4) is 0 Å². The molecule has 0 heterocycles. The summed E-state index contributed by atoms with van der Waals surface area (Å²) in [5.41, 5.74) is 6.79. The lowest BCUT2D eigenvalue weighted by Gasteiger charge is -2.12. The first kappa shape index (κ1) is 18.2. The maximum Gasteiger partial charge on any atom is 0.273 e. The second-order valence-electron chi connectivity index (χ2n) is 6.22. The number of amides is 1. The lowest BCUT2D eigenvalue weighted by Crippen LogP contribution is -2.19. The average molecular weight is 358 g/mol. The molecule has 5 heteroatoms. The van der Waals surface area contributed by atoms with Gasteiger partial charge in [-0.1, -0.05) is 42.5 Å². The number of anilines is 3. The maximum absolute atomic E-state index is 12.5. The summed E-state index contributed by atoms with van der Waals surface area (Å²) in [5, 5.41) is 7.34. The van der Waals surface area contributed by atoms with E-state index in [0.29, 0.717) is 5.56 Å². The van der Waals surface area contributed by atoms with Gasteiger partial charge < -0.3 is 10.2 Å². The van der Waals surface area contributed by atoms with Crippen molar-refractivity contribution in [2.45, 2.75) is 0 Å². The number of hydrogen-bond acceptors (Lipinski definition) is 4. The normalized spacial score (nSPS) is 10.6. The van der Waals surface area contributed by atoms with Crippen LogP contribution in [0.2, 0.25) is 0 Å². The van der Waals surface area contributed by atoms with Crippen LogP contribution in [0.15, 0.2) is 84.0 Å². The summed E-state index contributed by atoms with van der Waals surface area (Å²) in [6.45, 7) is 0. The van der Waals surface area contributed by atoms with Crippen molar-refractivity contribution >= 4 is 29.2 Å². The highest BCUT2D eigenvalue weighted by Gasteiger charge is 2.10. The van der Waals surface area contributed by atoms with E-state index in [2.05, 4.69) is 15.8 Å². The fourth-order valence-electron chi connectivity index (χ4n) is 2.55. The number of carbonyl (C=O) groups is 1. The molecule has 0 spiro atoms. The highest BCUT2D eigenvalue weighted by Crippen LogP contribution is 2.20. The van der Waals surface area contributed by atoms with Gasteiger partial charge in [-0.05, 0) is 42.0 Å². The monoisotopic (exact) mass is 358 g/mol. The highest BCUT2D eigenvalue weighted by atomic mass is 16.2. The molecule has 136 valence electrons. The van der Waals surface area contributed by atoms with E-state index in [1.807, 2.05) is 91.8 Å². The maximum atomic E-state index is 12.5. The molecule has 2 N–H and O–H groups in total. The Morgan fingerprint density at radius 2 is 1.56 bits per heavy atom. The molecule has 3 aromatic rings. The molecule has 0 atom stereocenters. The van der Waals surface area contributed by atoms with Crippen LogP contribution in [0, 0.1) is 0 Å². The van der Waals surface area contributed by atoms with Crippen molar-refractivity contribution in [2.24, 2.45) is 5.10 Å². The number of nitrogens with one attached hydrogen (secondary N) is 2. The summed E-state index contributed by atoms with van der Waals surface area (Å²) in [4.78, 5) is 14.5. The largest absolute Gasteiger partial charge is 0.378 e. The number of benzene rings is 3. The van der Waals surface area contributed by atoms with Gasteiger partial charge in [-0.3, -0.25) is 4.79 Å². The van der Waals surface area contributed by atoms with Crippen LogP contribution in [0.1, 0.15) is 15.9 Å². The van der Waals surface area contributed by atoms with Crippen molar-refractivity contribution < 1.29 is 4.79 Å². The van der Waals surface area contributed by atoms with E-state index in [4.69, 9.17) is 0 Å². The van der Waals surface area contributed by atoms with Gasteiger partial charge in [0.05, 0.1) is 17.5 Å². The summed E-state index contributed by atoms with van der Waals surface area (Å²) < 4.78 is 0. The predicted octanol–water partition coefficient (Wildman–Crippen LogP) is 4.26. The fourth-order valence-corrected chi connectivity index (χ4v) is 2.55. The van der Waals surface area contributed by atoms with Gasteiger partial charge in [0.1, 0.15) is 0 Å². The van der Waals surface area contributed by atoms with E-state index >= 15 is 0 Å². The average Bonchev–Trinajstić information content (AvgIpc) is 2.69. The van der Waals surface area contributed by atoms with Crippen LogP contribution in [0.25, 0.3) is 0 Å². The summed E-state index contributed by atoms with van der Waals surface area (Å²) in [5.74, 6) is -0.268. The lowest BCUT2D eigenvalue weighted by atomic mass is 10.1.